The highest BCUT2D eigenvalue weighted by Gasteiger charge is 2.26. The standard InChI is InChI=1S/C13H14N2O2/c14-9-11(12-5-1-2-6-15-12)13(16)8-10-4-3-7-17-10/h1-2,5-6,10-11H,3-4,7-8H2. The number of hydrogen-bond acceptors (Lipinski definition) is 4. The summed E-state index contributed by atoms with van der Waals surface area (Å²) in [5.74, 6) is -0.863. The first kappa shape index (κ1) is 11.7. The number of carbonyl (C=O) groups is 1. The first-order chi connectivity index (χ1) is 8.31. The van der Waals surface area contributed by atoms with Gasteiger partial charge < -0.3 is 4.74 Å². The van der Waals surface area contributed by atoms with Gasteiger partial charge in [-0.3, -0.25) is 9.78 Å². The average molecular weight is 230 g/mol. The van der Waals surface area contributed by atoms with Gasteiger partial charge in [0.05, 0.1) is 17.9 Å². The Morgan fingerprint density at radius 1 is 1.65 bits per heavy atom. The third-order valence-electron chi connectivity index (χ3n) is 2.89. The fourth-order valence-electron chi connectivity index (χ4n) is 2.00. The van der Waals surface area contributed by atoms with E-state index < -0.39 is 5.92 Å². The van der Waals surface area contributed by atoms with Crippen molar-refractivity contribution in [2.45, 2.75) is 31.3 Å². The summed E-state index contributed by atoms with van der Waals surface area (Å²) in [5, 5.41) is 9.07. The van der Waals surface area contributed by atoms with Crippen LogP contribution in [0.5, 0.6) is 0 Å². The van der Waals surface area contributed by atoms with Crippen molar-refractivity contribution >= 4 is 5.78 Å². The molecule has 0 aliphatic carbocycles. The number of hydrogen-bond donors (Lipinski definition) is 0. The lowest BCUT2D eigenvalue weighted by molar-refractivity contribution is -0.121. The van der Waals surface area contributed by atoms with Crippen molar-refractivity contribution in [3.8, 4) is 6.07 Å². The zero-order valence-electron chi connectivity index (χ0n) is 9.50. The molecule has 0 saturated carbocycles. The second kappa shape index (κ2) is 5.55. The number of Topliss-reactive ketones (excluding diaryl/α,β-unsaturated/α-hetero) is 1. The molecule has 0 amide bonds. The molecule has 0 N–H and O–H groups in total. The van der Waals surface area contributed by atoms with Crippen LogP contribution in [0.25, 0.3) is 0 Å². The zero-order chi connectivity index (χ0) is 12.1. The summed E-state index contributed by atoms with van der Waals surface area (Å²) in [5.41, 5.74) is 0.526. The third-order valence-corrected chi connectivity index (χ3v) is 2.89. The van der Waals surface area contributed by atoms with E-state index in [-0.39, 0.29) is 11.9 Å². The third kappa shape index (κ3) is 2.89. The van der Waals surface area contributed by atoms with Gasteiger partial charge >= 0.3 is 0 Å². The van der Waals surface area contributed by atoms with Crippen LogP contribution in [0.4, 0.5) is 0 Å². The Morgan fingerprint density at radius 2 is 2.53 bits per heavy atom. The molecule has 1 aromatic rings. The topological polar surface area (TPSA) is 63.0 Å². The molecule has 0 bridgehead atoms. The minimum absolute atomic E-state index is 0.0120. The summed E-state index contributed by atoms with van der Waals surface area (Å²) in [7, 11) is 0. The highest BCUT2D eigenvalue weighted by molar-refractivity contribution is 5.88. The van der Waals surface area contributed by atoms with Crippen molar-refractivity contribution in [3.63, 3.8) is 0 Å². The highest BCUT2D eigenvalue weighted by atomic mass is 16.5. The summed E-state index contributed by atoms with van der Waals surface area (Å²) in [6.45, 7) is 0.721. The van der Waals surface area contributed by atoms with Crippen molar-refractivity contribution in [2.24, 2.45) is 0 Å². The first-order valence-corrected chi connectivity index (χ1v) is 5.76. The largest absolute Gasteiger partial charge is 0.378 e. The van der Waals surface area contributed by atoms with Crippen LogP contribution in [-0.4, -0.2) is 23.5 Å². The number of nitriles is 1. The maximum Gasteiger partial charge on any atom is 0.158 e. The van der Waals surface area contributed by atoms with E-state index in [4.69, 9.17) is 10.00 Å². The Bertz CT molecular complexity index is 419. The van der Waals surface area contributed by atoms with E-state index in [1.54, 1.807) is 24.4 Å². The van der Waals surface area contributed by atoms with Crippen LogP contribution in [0, 0.1) is 11.3 Å². The van der Waals surface area contributed by atoms with Crippen LogP contribution in [0.1, 0.15) is 30.9 Å². The van der Waals surface area contributed by atoms with Gasteiger partial charge in [0.2, 0.25) is 0 Å². The van der Waals surface area contributed by atoms with E-state index in [1.165, 1.54) is 0 Å². The van der Waals surface area contributed by atoms with Gasteiger partial charge in [0.25, 0.3) is 0 Å². The molecule has 4 heteroatoms. The number of aromatic nitrogens is 1. The molecule has 0 spiro atoms. The van der Waals surface area contributed by atoms with Crippen LogP contribution in [-0.2, 0) is 9.53 Å². The second-order valence-electron chi connectivity index (χ2n) is 4.12. The Morgan fingerprint density at radius 3 is 3.12 bits per heavy atom. The lowest BCUT2D eigenvalue weighted by Gasteiger charge is -2.11. The average Bonchev–Trinajstić information content (AvgIpc) is 2.84. The molecule has 1 aliphatic rings. The number of nitrogens with zero attached hydrogens (tertiary/aromatic N) is 2. The lowest BCUT2D eigenvalue weighted by atomic mass is 9.96. The van der Waals surface area contributed by atoms with E-state index in [2.05, 4.69) is 4.98 Å². The Hall–Kier alpha value is -1.73. The Balaban J connectivity index is 2.03. The number of rotatable bonds is 4. The first-order valence-electron chi connectivity index (χ1n) is 5.76. The monoisotopic (exact) mass is 230 g/mol. The Kier molecular flexibility index (Phi) is 3.84. The highest BCUT2D eigenvalue weighted by Crippen LogP contribution is 2.21. The maximum atomic E-state index is 12.0. The fourth-order valence-corrected chi connectivity index (χ4v) is 2.00. The number of ether oxygens (including phenoxy) is 1. The number of pyridine rings is 1. The molecule has 1 saturated heterocycles. The van der Waals surface area contributed by atoms with Crippen molar-refractivity contribution in [3.05, 3.63) is 30.1 Å². The molecule has 0 radical (unpaired) electrons. The molecule has 2 heterocycles. The molecule has 2 rings (SSSR count). The minimum atomic E-state index is -0.764. The summed E-state index contributed by atoms with van der Waals surface area (Å²) < 4.78 is 5.40. The van der Waals surface area contributed by atoms with Crippen molar-refractivity contribution in [2.75, 3.05) is 6.61 Å². The van der Waals surface area contributed by atoms with Gasteiger partial charge in [0, 0.05) is 19.2 Å². The van der Waals surface area contributed by atoms with Crippen molar-refractivity contribution in [1.29, 1.82) is 5.26 Å². The maximum absolute atomic E-state index is 12.0. The minimum Gasteiger partial charge on any atom is -0.378 e. The van der Waals surface area contributed by atoms with Gasteiger partial charge in [0.15, 0.2) is 5.78 Å². The van der Waals surface area contributed by atoms with E-state index >= 15 is 0 Å². The van der Waals surface area contributed by atoms with Crippen molar-refractivity contribution < 1.29 is 9.53 Å². The van der Waals surface area contributed by atoms with Gasteiger partial charge in [-0.15, -0.1) is 0 Å². The van der Waals surface area contributed by atoms with Gasteiger partial charge in [-0.1, -0.05) is 6.07 Å². The van der Waals surface area contributed by atoms with Gasteiger partial charge in [-0.05, 0) is 25.0 Å². The van der Waals surface area contributed by atoms with Crippen molar-refractivity contribution in [1.82, 2.24) is 4.98 Å². The Labute approximate surface area is 100 Å². The number of carbonyl (C=O) groups excluding carboxylic acids is 1. The smallest absolute Gasteiger partial charge is 0.158 e. The van der Waals surface area contributed by atoms with Gasteiger partial charge in [0.1, 0.15) is 5.92 Å². The molecule has 1 aliphatic heterocycles. The summed E-state index contributed by atoms with van der Waals surface area (Å²) in [6, 6.07) is 7.28. The normalized spacial score (nSPS) is 20.8. The van der Waals surface area contributed by atoms with E-state index in [9.17, 15) is 4.79 Å². The predicted molar refractivity (Wildman–Crippen MR) is 61.2 cm³/mol. The summed E-state index contributed by atoms with van der Waals surface area (Å²) in [4.78, 5) is 16.0. The molecule has 2 atom stereocenters. The molecule has 2 unspecified atom stereocenters. The van der Waals surface area contributed by atoms with Crippen LogP contribution in [0.15, 0.2) is 24.4 Å². The summed E-state index contributed by atoms with van der Waals surface area (Å²) in [6.07, 6.45) is 3.81. The van der Waals surface area contributed by atoms with E-state index in [0.29, 0.717) is 12.1 Å². The fraction of sp³-hybridized carbons (Fsp3) is 0.462. The van der Waals surface area contributed by atoms with Gasteiger partial charge in [-0.2, -0.15) is 5.26 Å². The van der Waals surface area contributed by atoms with E-state index in [0.717, 1.165) is 19.4 Å². The van der Waals surface area contributed by atoms with Crippen LogP contribution in [0.2, 0.25) is 0 Å². The molecule has 0 aromatic carbocycles. The van der Waals surface area contributed by atoms with Crippen LogP contribution in [0.3, 0.4) is 0 Å². The number of ketones is 1. The zero-order valence-corrected chi connectivity index (χ0v) is 9.50. The quantitative estimate of drug-likeness (QED) is 0.791. The second-order valence-corrected chi connectivity index (χ2v) is 4.12. The van der Waals surface area contributed by atoms with Crippen LogP contribution < -0.4 is 0 Å². The van der Waals surface area contributed by atoms with Gasteiger partial charge in [-0.25, -0.2) is 0 Å². The molecular formula is C13H14N2O2. The molecule has 1 aromatic heterocycles. The summed E-state index contributed by atoms with van der Waals surface area (Å²) >= 11 is 0. The predicted octanol–water partition coefficient (Wildman–Crippen LogP) is 1.83. The molecule has 17 heavy (non-hydrogen) atoms. The van der Waals surface area contributed by atoms with E-state index in [1.807, 2.05) is 6.07 Å². The lowest BCUT2D eigenvalue weighted by Crippen LogP contribution is -2.19. The molecule has 88 valence electrons. The SMILES string of the molecule is N#CC(C(=O)CC1CCCO1)c1ccccn1. The molecule has 1 fully saturated rings. The van der Waals surface area contributed by atoms with Crippen LogP contribution >= 0.6 is 0 Å². The molecular weight excluding hydrogens is 216 g/mol. The molecule has 4 nitrogen and oxygen atoms in total.